The second-order valence-corrected chi connectivity index (χ2v) is 6.47. The Labute approximate surface area is 138 Å². The largest absolute Gasteiger partial charge is 0.356 e. The number of guanidine groups is 1. The van der Waals surface area contributed by atoms with Gasteiger partial charge in [-0.15, -0.1) is 0 Å². The van der Waals surface area contributed by atoms with Gasteiger partial charge in [-0.25, -0.2) is 0 Å². The van der Waals surface area contributed by atoms with Crippen LogP contribution in [0.15, 0.2) is 29.3 Å². The summed E-state index contributed by atoms with van der Waals surface area (Å²) in [5, 5.41) is 7.61. The van der Waals surface area contributed by atoms with E-state index in [1.165, 1.54) is 31.5 Å². The number of hydrogen-bond donors (Lipinski definition) is 2. The Morgan fingerprint density at radius 2 is 2.27 bits per heavy atom. The van der Waals surface area contributed by atoms with Crippen LogP contribution >= 0.6 is 11.6 Å². The number of rotatable bonds is 5. The number of likely N-dealkylation sites (tertiary alicyclic amines) is 1. The highest BCUT2D eigenvalue weighted by Crippen LogP contribution is 2.13. The number of nitrogens with one attached hydrogen (secondary N) is 2. The second kappa shape index (κ2) is 9.01. The summed E-state index contributed by atoms with van der Waals surface area (Å²) >= 11 is 6.00. The molecule has 0 spiro atoms. The van der Waals surface area contributed by atoms with Gasteiger partial charge in [0.15, 0.2) is 5.96 Å². The molecule has 1 fully saturated rings. The van der Waals surface area contributed by atoms with E-state index in [0.717, 1.165) is 30.5 Å². The van der Waals surface area contributed by atoms with Gasteiger partial charge in [0.1, 0.15) is 0 Å². The lowest BCUT2D eigenvalue weighted by atomic mass is 9.99. The van der Waals surface area contributed by atoms with Crippen molar-refractivity contribution in [3.63, 3.8) is 0 Å². The summed E-state index contributed by atoms with van der Waals surface area (Å²) in [5.74, 6) is 1.60. The molecule has 1 aromatic rings. The molecular formula is C17H27ClN4. The standard InChI is InChI=1S/C17H27ClN4/c1-19-17(21-12-15-6-4-10-22(2)13-15)20-9-8-14-5-3-7-16(18)11-14/h3,5,7,11,15H,4,6,8-10,12-13H2,1-2H3,(H2,19,20,21). The number of nitrogens with zero attached hydrogens (tertiary/aromatic N) is 2. The third kappa shape index (κ3) is 5.85. The lowest BCUT2D eigenvalue weighted by Gasteiger charge is -2.30. The third-order valence-corrected chi connectivity index (χ3v) is 4.33. The zero-order valence-corrected chi connectivity index (χ0v) is 14.4. The smallest absolute Gasteiger partial charge is 0.190 e. The van der Waals surface area contributed by atoms with Crippen molar-refractivity contribution >= 4 is 17.6 Å². The first-order chi connectivity index (χ1) is 10.7. The van der Waals surface area contributed by atoms with E-state index in [2.05, 4.69) is 33.6 Å². The minimum Gasteiger partial charge on any atom is -0.356 e. The Morgan fingerprint density at radius 3 is 3.00 bits per heavy atom. The Kier molecular flexibility index (Phi) is 7.00. The highest BCUT2D eigenvalue weighted by molar-refractivity contribution is 6.30. The van der Waals surface area contributed by atoms with Gasteiger partial charge in [0.25, 0.3) is 0 Å². The predicted molar refractivity (Wildman–Crippen MR) is 94.7 cm³/mol. The molecule has 2 N–H and O–H groups in total. The number of benzene rings is 1. The molecule has 22 heavy (non-hydrogen) atoms. The molecule has 2 rings (SSSR count). The molecule has 122 valence electrons. The van der Waals surface area contributed by atoms with Crippen molar-refractivity contribution in [1.29, 1.82) is 0 Å². The Hall–Kier alpha value is -1.26. The summed E-state index contributed by atoms with van der Waals surface area (Å²) in [6.45, 7) is 4.24. The summed E-state index contributed by atoms with van der Waals surface area (Å²) < 4.78 is 0. The van der Waals surface area contributed by atoms with Crippen molar-refractivity contribution in [3.8, 4) is 0 Å². The number of hydrogen-bond acceptors (Lipinski definition) is 2. The predicted octanol–water partition coefficient (Wildman–Crippen LogP) is 2.39. The van der Waals surface area contributed by atoms with E-state index >= 15 is 0 Å². The topological polar surface area (TPSA) is 39.7 Å². The summed E-state index contributed by atoms with van der Waals surface area (Å²) in [6, 6.07) is 8.00. The van der Waals surface area contributed by atoms with E-state index in [9.17, 15) is 0 Å². The van der Waals surface area contributed by atoms with Crippen LogP contribution in [0.3, 0.4) is 0 Å². The molecule has 5 heteroatoms. The molecular weight excluding hydrogens is 296 g/mol. The van der Waals surface area contributed by atoms with Crippen LogP contribution in [0.4, 0.5) is 0 Å². The molecule has 1 unspecified atom stereocenters. The highest BCUT2D eigenvalue weighted by atomic mass is 35.5. The lowest BCUT2D eigenvalue weighted by molar-refractivity contribution is 0.210. The van der Waals surface area contributed by atoms with Gasteiger partial charge >= 0.3 is 0 Å². The molecule has 1 saturated heterocycles. The van der Waals surface area contributed by atoms with Crippen LogP contribution < -0.4 is 10.6 Å². The van der Waals surface area contributed by atoms with Crippen LogP contribution in [0.25, 0.3) is 0 Å². The van der Waals surface area contributed by atoms with Crippen LogP contribution in [-0.2, 0) is 6.42 Å². The minimum absolute atomic E-state index is 0.713. The number of aliphatic imine (C=N–C) groups is 1. The summed E-state index contributed by atoms with van der Waals surface area (Å²) in [5.41, 5.74) is 1.24. The fourth-order valence-electron chi connectivity index (χ4n) is 2.92. The van der Waals surface area contributed by atoms with Crippen LogP contribution in [0, 0.1) is 5.92 Å². The molecule has 0 radical (unpaired) electrons. The quantitative estimate of drug-likeness (QED) is 0.646. The molecule has 1 heterocycles. The average Bonchev–Trinajstić information content (AvgIpc) is 2.51. The Morgan fingerprint density at radius 1 is 1.41 bits per heavy atom. The molecule has 0 amide bonds. The first-order valence-corrected chi connectivity index (χ1v) is 8.42. The van der Waals surface area contributed by atoms with E-state index in [1.54, 1.807) is 0 Å². The van der Waals surface area contributed by atoms with Crippen LogP contribution in [0.1, 0.15) is 18.4 Å². The van der Waals surface area contributed by atoms with Gasteiger partial charge in [-0.3, -0.25) is 4.99 Å². The summed E-state index contributed by atoms with van der Waals surface area (Å²) in [4.78, 5) is 6.70. The molecule has 0 saturated carbocycles. The zero-order valence-electron chi connectivity index (χ0n) is 13.6. The summed E-state index contributed by atoms with van der Waals surface area (Å²) in [6.07, 6.45) is 3.54. The lowest BCUT2D eigenvalue weighted by Crippen LogP contribution is -2.44. The molecule has 4 nitrogen and oxygen atoms in total. The van der Waals surface area contributed by atoms with Crippen molar-refractivity contribution in [2.45, 2.75) is 19.3 Å². The molecule has 1 aromatic carbocycles. The van der Waals surface area contributed by atoms with E-state index in [4.69, 9.17) is 11.6 Å². The SMILES string of the molecule is CN=C(NCCc1cccc(Cl)c1)NCC1CCCN(C)C1. The zero-order chi connectivity index (χ0) is 15.8. The Bertz CT molecular complexity index is 489. The fraction of sp³-hybridized carbons (Fsp3) is 0.588. The van der Waals surface area contributed by atoms with Gasteiger partial charge in [-0.2, -0.15) is 0 Å². The van der Waals surface area contributed by atoms with Crippen molar-refractivity contribution in [2.75, 3.05) is 40.3 Å². The van der Waals surface area contributed by atoms with Gasteiger partial charge in [0.2, 0.25) is 0 Å². The number of piperidine rings is 1. The molecule has 1 atom stereocenters. The van der Waals surface area contributed by atoms with Gasteiger partial charge in [-0.05, 0) is 56.5 Å². The first kappa shape index (κ1) is 17.1. The molecule has 0 bridgehead atoms. The van der Waals surface area contributed by atoms with E-state index in [0.29, 0.717) is 5.92 Å². The van der Waals surface area contributed by atoms with Gasteiger partial charge < -0.3 is 15.5 Å². The van der Waals surface area contributed by atoms with E-state index in [-0.39, 0.29) is 0 Å². The van der Waals surface area contributed by atoms with Crippen molar-refractivity contribution in [1.82, 2.24) is 15.5 Å². The van der Waals surface area contributed by atoms with Gasteiger partial charge in [0.05, 0.1) is 0 Å². The maximum atomic E-state index is 6.00. The van der Waals surface area contributed by atoms with E-state index in [1.807, 2.05) is 25.2 Å². The normalized spacial score (nSPS) is 20.0. The van der Waals surface area contributed by atoms with Crippen molar-refractivity contribution in [2.24, 2.45) is 10.9 Å². The number of halogens is 1. The molecule has 0 aromatic heterocycles. The second-order valence-electron chi connectivity index (χ2n) is 6.03. The minimum atomic E-state index is 0.713. The maximum Gasteiger partial charge on any atom is 0.190 e. The third-order valence-electron chi connectivity index (χ3n) is 4.10. The van der Waals surface area contributed by atoms with Gasteiger partial charge in [-0.1, -0.05) is 23.7 Å². The molecule has 0 aliphatic carbocycles. The monoisotopic (exact) mass is 322 g/mol. The molecule has 1 aliphatic rings. The molecule has 1 aliphatic heterocycles. The van der Waals surface area contributed by atoms with Crippen molar-refractivity contribution in [3.05, 3.63) is 34.9 Å². The summed E-state index contributed by atoms with van der Waals surface area (Å²) in [7, 11) is 4.02. The van der Waals surface area contributed by atoms with Crippen LogP contribution in [-0.4, -0.2) is 51.1 Å². The Balaban J connectivity index is 1.69. The maximum absolute atomic E-state index is 6.00. The average molecular weight is 323 g/mol. The fourth-order valence-corrected chi connectivity index (χ4v) is 3.13. The van der Waals surface area contributed by atoms with Crippen LogP contribution in [0.5, 0.6) is 0 Å². The highest BCUT2D eigenvalue weighted by Gasteiger charge is 2.17. The first-order valence-electron chi connectivity index (χ1n) is 8.05. The van der Waals surface area contributed by atoms with Gasteiger partial charge in [0, 0.05) is 31.7 Å². The van der Waals surface area contributed by atoms with Crippen molar-refractivity contribution < 1.29 is 0 Å². The van der Waals surface area contributed by atoms with E-state index < -0.39 is 0 Å². The van der Waals surface area contributed by atoms with Crippen LogP contribution in [0.2, 0.25) is 5.02 Å².